The number of hydrogen-bond donors (Lipinski definition) is 3. The van der Waals surface area contributed by atoms with Crippen LogP contribution in [0.1, 0.15) is 0 Å². The number of anilines is 1. The van der Waals surface area contributed by atoms with Crippen LogP contribution in [0, 0.1) is 0 Å². The Morgan fingerprint density at radius 3 is 2.27 bits per heavy atom. The normalized spacial score (nSPS) is 9.47. The highest BCUT2D eigenvalue weighted by Gasteiger charge is 2.08. The number of para-hydroxylation sites is 1. The molecule has 0 fully saturated rings. The van der Waals surface area contributed by atoms with Crippen LogP contribution in [0.4, 0.5) is 10.5 Å². The Bertz CT molecular complexity index is 395. The summed E-state index contributed by atoms with van der Waals surface area (Å²) in [5, 5.41) is 2.97. The number of urea groups is 1. The zero-order valence-corrected chi connectivity index (χ0v) is 9.01. The molecule has 0 bridgehead atoms. The molecule has 5 N–H and O–H groups in total. The molecule has 0 spiro atoms. The van der Waals surface area contributed by atoms with Gasteiger partial charge >= 0.3 is 6.03 Å². The van der Waals surface area contributed by atoms with Gasteiger partial charge in [-0.3, -0.25) is 0 Å². The smallest absolute Gasteiger partial charge is 0.348 e. The maximum Gasteiger partial charge on any atom is 0.348 e. The van der Waals surface area contributed by atoms with Crippen molar-refractivity contribution >= 4 is 40.9 Å². The highest BCUT2D eigenvalue weighted by Crippen LogP contribution is 2.29. The Balaban J connectivity index is 2.90. The van der Waals surface area contributed by atoms with Gasteiger partial charge in [0.1, 0.15) is 0 Å². The minimum atomic E-state index is -0.731. The first-order valence-electron chi connectivity index (χ1n) is 3.85. The van der Waals surface area contributed by atoms with Gasteiger partial charge in [0.15, 0.2) is 5.96 Å². The van der Waals surface area contributed by atoms with Crippen molar-refractivity contribution in [3.63, 3.8) is 0 Å². The molecule has 0 aliphatic heterocycles. The fraction of sp³-hybridized carbons (Fsp3) is 0. The number of nitrogens with zero attached hydrogens (tertiary/aromatic N) is 1. The molecule has 0 saturated heterocycles. The van der Waals surface area contributed by atoms with Gasteiger partial charge < -0.3 is 16.8 Å². The van der Waals surface area contributed by atoms with Crippen molar-refractivity contribution < 1.29 is 4.79 Å². The molecule has 0 saturated carbocycles. The van der Waals surface area contributed by atoms with Gasteiger partial charge in [0.25, 0.3) is 0 Å². The molecular weight excluding hydrogens is 239 g/mol. The summed E-state index contributed by atoms with van der Waals surface area (Å²) in [7, 11) is 0. The summed E-state index contributed by atoms with van der Waals surface area (Å²) >= 11 is 11.6. The van der Waals surface area contributed by atoms with Crippen molar-refractivity contribution in [2.75, 3.05) is 5.32 Å². The van der Waals surface area contributed by atoms with Crippen LogP contribution in [-0.4, -0.2) is 12.0 Å². The second-order valence-corrected chi connectivity index (χ2v) is 3.38. The third-order valence-corrected chi connectivity index (χ3v) is 2.06. The topological polar surface area (TPSA) is 93.5 Å². The molecule has 1 rings (SSSR count). The van der Waals surface area contributed by atoms with Gasteiger partial charge in [-0.25, -0.2) is 4.79 Å². The Labute approximate surface area is 96.1 Å². The molecule has 0 aliphatic carbocycles. The fourth-order valence-electron chi connectivity index (χ4n) is 0.869. The van der Waals surface area contributed by atoms with E-state index in [2.05, 4.69) is 10.3 Å². The Hall–Kier alpha value is -1.46. The number of hydrogen-bond acceptors (Lipinski definition) is 1. The second-order valence-electron chi connectivity index (χ2n) is 2.56. The SMILES string of the molecule is NC(N)=NC(=O)Nc1c(Cl)cccc1Cl. The molecule has 0 heterocycles. The first kappa shape index (κ1) is 11.6. The molecule has 5 nitrogen and oxygen atoms in total. The maximum atomic E-state index is 11.2. The number of carbonyl (C=O) groups is 1. The van der Waals surface area contributed by atoms with Crippen LogP contribution in [0.15, 0.2) is 23.2 Å². The molecule has 2 amide bonds. The summed E-state index contributed by atoms with van der Waals surface area (Å²) < 4.78 is 0. The number of guanidine groups is 1. The van der Waals surface area contributed by atoms with E-state index in [0.29, 0.717) is 10.0 Å². The summed E-state index contributed by atoms with van der Waals surface area (Å²) in [5.41, 5.74) is 10.3. The molecule has 7 heteroatoms. The van der Waals surface area contributed by atoms with Crippen LogP contribution >= 0.6 is 23.2 Å². The van der Waals surface area contributed by atoms with Crippen molar-refractivity contribution in [3.8, 4) is 0 Å². The van der Waals surface area contributed by atoms with Gasteiger partial charge in [-0.15, -0.1) is 0 Å². The fourth-order valence-corrected chi connectivity index (χ4v) is 1.36. The third-order valence-electron chi connectivity index (χ3n) is 1.43. The minimum Gasteiger partial charge on any atom is -0.370 e. The predicted octanol–water partition coefficient (Wildman–Crippen LogP) is 1.80. The average Bonchev–Trinajstić information content (AvgIpc) is 2.10. The average molecular weight is 247 g/mol. The van der Waals surface area contributed by atoms with Crippen molar-refractivity contribution in [2.24, 2.45) is 16.5 Å². The van der Waals surface area contributed by atoms with E-state index in [0.717, 1.165) is 0 Å². The summed E-state index contributed by atoms with van der Waals surface area (Å²) in [4.78, 5) is 14.4. The lowest BCUT2D eigenvalue weighted by atomic mass is 10.3. The largest absolute Gasteiger partial charge is 0.370 e. The number of aliphatic imine (C=N–C) groups is 1. The molecule has 0 radical (unpaired) electrons. The lowest BCUT2D eigenvalue weighted by Crippen LogP contribution is -2.25. The van der Waals surface area contributed by atoms with Crippen LogP contribution in [0.2, 0.25) is 10.0 Å². The van der Waals surface area contributed by atoms with E-state index in [1.54, 1.807) is 18.2 Å². The molecule has 0 unspecified atom stereocenters. The second kappa shape index (κ2) is 4.86. The molecule has 1 aromatic rings. The van der Waals surface area contributed by atoms with Gasteiger partial charge in [0.05, 0.1) is 15.7 Å². The molecule has 0 aliphatic rings. The standard InChI is InChI=1S/C8H8Cl2N4O/c9-4-2-1-3-5(10)6(4)13-8(15)14-7(11)12/h1-3H,(H5,11,12,13,14,15). The maximum absolute atomic E-state index is 11.2. The van der Waals surface area contributed by atoms with E-state index in [1.165, 1.54) is 0 Å². The van der Waals surface area contributed by atoms with Crippen LogP contribution in [0.3, 0.4) is 0 Å². The van der Waals surface area contributed by atoms with Gasteiger partial charge in [0, 0.05) is 0 Å². The van der Waals surface area contributed by atoms with E-state index in [9.17, 15) is 4.79 Å². The Kier molecular flexibility index (Phi) is 3.76. The first-order chi connectivity index (χ1) is 7.00. The lowest BCUT2D eigenvalue weighted by molar-refractivity contribution is 0.259. The quantitative estimate of drug-likeness (QED) is 0.521. The van der Waals surface area contributed by atoms with Gasteiger partial charge in [-0.2, -0.15) is 4.99 Å². The summed E-state index contributed by atoms with van der Waals surface area (Å²) in [6, 6.07) is 4.09. The summed E-state index contributed by atoms with van der Waals surface area (Å²) in [6.45, 7) is 0. The highest BCUT2D eigenvalue weighted by molar-refractivity contribution is 6.39. The van der Waals surface area contributed by atoms with Crippen molar-refractivity contribution in [1.82, 2.24) is 0 Å². The number of rotatable bonds is 1. The Morgan fingerprint density at radius 1 is 1.27 bits per heavy atom. The van der Waals surface area contributed by atoms with Crippen molar-refractivity contribution in [1.29, 1.82) is 0 Å². The molecule has 0 aromatic heterocycles. The van der Waals surface area contributed by atoms with Gasteiger partial charge in [-0.05, 0) is 12.1 Å². The van der Waals surface area contributed by atoms with E-state index in [1.807, 2.05) is 0 Å². The van der Waals surface area contributed by atoms with Crippen LogP contribution in [0.25, 0.3) is 0 Å². The molecular formula is C8H8Cl2N4O. The monoisotopic (exact) mass is 246 g/mol. The van der Waals surface area contributed by atoms with Gasteiger partial charge in [0.2, 0.25) is 0 Å². The van der Waals surface area contributed by atoms with E-state index >= 15 is 0 Å². The zero-order chi connectivity index (χ0) is 11.4. The van der Waals surface area contributed by atoms with Crippen molar-refractivity contribution in [2.45, 2.75) is 0 Å². The molecule has 1 aromatic carbocycles. The van der Waals surface area contributed by atoms with Gasteiger partial charge in [-0.1, -0.05) is 29.3 Å². The lowest BCUT2D eigenvalue weighted by Gasteiger charge is -2.06. The highest BCUT2D eigenvalue weighted by atomic mass is 35.5. The third kappa shape index (κ3) is 3.30. The summed E-state index contributed by atoms with van der Waals surface area (Å²) in [5.74, 6) is -0.337. The van der Waals surface area contributed by atoms with E-state index in [-0.39, 0.29) is 11.6 Å². The number of carbonyl (C=O) groups excluding carboxylic acids is 1. The number of nitrogens with one attached hydrogen (secondary N) is 1. The first-order valence-corrected chi connectivity index (χ1v) is 4.61. The van der Waals surface area contributed by atoms with Crippen LogP contribution in [-0.2, 0) is 0 Å². The number of amides is 2. The number of halogens is 2. The molecule has 15 heavy (non-hydrogen) atoms. The minimum absolute atomic E-state index is 0.274. The Morgan fingerprint density at radius 2 is 1.80 bits per heavy atom. The molecule has 0 atom stereocenters. The number of nitrogens with two attached hydrogens (primary N) is 2. The summed E-state index contributed by atoms with van der Waals surface area (Å²) in [6.07, 6.45) is 0. The van der Waals surface area contributed by atoms with Crippen molar-refractivity contribution in [3.05, 3.63) is 28.2 Å². The van der Waals surface area contributed by atoms with Crippen LogP contribution in [0.5, 0.6) is 0 Å². The van der Waals surface area contributed by atoms with E-state index < -0.39 is 6.03 Å². The van der Waals surface area contributed by atoms with Crippen LogP contribution < -0.4 is 16.8 Å². The van der Waals surface area contributed by atoms with E-state index in [4.69, 9.17) is 34.7 Å². The zero-order valence-electron chi connectivity index (χ0n) is 7.50. The predicted molar refractivity (Wildman–Crippen MR) is 61.3 cm³/mol. The molecule has 80 valence electrons. The number of benzene rings is 1.